The summed E-state index contributed by atoms with van der Waals surface area (Å²) in [5.41, 5.74) is 1.33. The fourth-order valence-electron chi connectivity index (χ4n) is 2.73. The van der Waals surface area contributed by atoms with E-state index in [-0.39, 0.29) is 0 Å². The smallest absolute Gasteiger partial charge is 0.0534 e. The molecule has 0 bridgehead atoms. The van der Waals surface area contributed by atoms with Crippen LogP contribution in [0.3, 0.4) is 0 Å². The largest absolute Gasteiger partial charge is 0.310 e. The molecule has 1 aromatic heterocycles. The maximum atomic E-state index is 4.23. The molecular weight excluding hydrogens is 212 g/mol. The summed E-state index contributed by atoms with van der Waals surface area (Å²) in [5, 5.41) is 7.99. The summed E-state index contributed by atoms with van der Waals surface area (Å²) in [6.07, 6.45) is 9.55. The molecule has 1 aromatic rings. The van der Waals surface area contributed by atoms with Gasteiger partial charge in [-0.25, -0.2) is 0 Å². The van der Waals surface area contributed by atoms with Gasteiger partial charge in [0.2, 0.25) is 0 Å². The maximum absolute atomic E-state index is 4.23. The van der Waals surface area contributed by atoms with Gasteiger partial charge in [-0.15, -0.1) is 0 Å². The highest BCUT2D eigenvalue weighted by Crippen LogP contribution is 2.22. The number of aromatic nitrogens is 2. The van der Waals surface area contributed by atoms with E-state index in [1.54, 1.807) is 0 Å². The molecule has 1 aliphatic heterocycles. The molecule has 0 spiro atoms. The molecule has 0 aromatic carbocycles. The Morgan fingerprint density at radius 2 is 2.24 bits per heavy atom. The van der Waals surface area contributed by atoms with E-state index in [1.807, 2.05) is 17.9 Å². The van der Waals surface area contributed by atoms with Gasteiger partial charge in [-0.05, 0) is 32.2 Å². The Bertz CT molecular complexity index is 369. The highest BCUT2D eigenvalue weighted by atomic mass is 15.2. The van der Waals surface area contributed by atoms with Crippen LogP contribution in [0.4, 0.5) is 0 Å². The van der Waals surface area contributed by atoms with Crippen LogP contribution in [0.5, 0.6) is 0 Å². The zero-order valence-corrected chi connectivity index (χ0v) is 10.6. The SMILES string of the molecule is Cn1cc(CN2CCCC(NC3CC3)C2)cn1. The van der Waals surface area contributed by atoms with Gasteiger partial charge in [-0.3, -0.25) is 9.58 Å². The number of aryl methyl sites for hydroxylation is 1. The first-order valence-corrected chi connectivity index (χ1v) is 6.75. The fourth-order valence-corrected chi connectivity index (χ4v) is 2.73. The monoisotopic (exact) mass is 234 g/mol. The summed E-state index contributed by atoms with van der Waals surface area (Å²) in [7, 11) is 1.98. The van der Waals surface area contributed by atoms with E-state index in [0.29, 0.717) is 6.04 Å². The van der Waals surface area contributed by atoms with Crippen LogP contribution in [0, 0.1) is 0 Å². The zero-order valence-electron chi connectivity index (χ0n) is 10.6. The van der Waals surface area contributed by atoms with Crippen molar-refractivity contribution in [3.05, 3.63) is 18.0 Å². The Hall–Kier alpha value is -0.870. The van der Waals surface area contributed by atoms with Gasteiger partial charge in [-0.2, -0.15) is 5.10 Å². The minimum atomic E-state index is 0.716. The molecule has 1 unspecified atom stereocenters. The van der Waals surface area contributed by atoms with Crippen molar-refractivity contribution in [1.82, 2.24) is 20.0 Å². The molecule has 2 heterocycles. The van der Waals surface area contributed by atoms with Crippen molar-refractivity contribution < 1.29 is 0 Å². The summed E-state index contributed by atoms with van der Waals surface area (Å²) in [4.78, 5) is 2.56. The van der Waals surface area contributed by atoms with Crippen LogP contribution in [0.2, 0.25) is 0 Å². The van der Waals surface area contributed by atoms with E-state index in [4.69, 9.17) is 0 Å². The average molecular weight is 234 g/mol. The minimum absolute atomic E-state index is 0.716. The predicted octanol–water partition coefficient (Wildman–Crippen LogP) is 1.14. The third kappa shape index (κ3) is 3.07. The predicted molar refractivity (Wildman–Crippen MR) is 67.7 cm³/mol. The summed E-state index contributed by atoms with van der Waals surface area (Å²) in [5.74, 6) is 0. The summed E-state index contributed by atoms with van der Waals surface area (Å²) >= 11 is 0. The third-order valence-corrected chi connectivity index (χ3v) is 3.72. The highest BCUT2D eigenvalue weighted by molar-refractivity contribution is 5.03. The van der Waals surface area contributed by atoms with Crippen molar-refractivity contribution in [2.75, 3.05) is 13.1 Å². The molecule has 3 rings (SSSR count). The van der Waals surface area contributed by atoms with Gasteiger partial charge in [0.1, 0.15) is 0 Å². The lowest BCUT2D eigenvalue weighted by atomic mass is 10.1. The Morgan fingerprint density at radius 1 is 1.35 bits per heavy atom. The Morgan fingerprint density at radius 3 is 2.94 bits per heavy atom. The van der Waals surface area contributed by atoms with E-state index in [1.165, 1.54) is 44.3 Å². The zero-order chi connectivity index (χ0) is 11.7. The van der Waals surface area contributed by atoms with Gasteiger partial charge in [0.25, 0.3) is 0 Å². The first-order valence-electron chi connectivity index (χ1n) is 6.75. The van der Waals surface area contributed by atoms with Crippen LogP contribution in [0.15, 0.2) is 12.4 Å². The second-order valence-corrected chi connectivity index (χ2v) is 5.54. The first kappa shape index (κ1) is 11.2. The second-order valence-electron chi connectivity index (χ2n) is 5.54. The quantitative estimate of drug-likeness (QED) is 0.848. The van der Waals surface area contributed by atoms with Crippen LogP contribution < -0.4 is 5.32 Å². The molecule has 1 aliphatic carbocycles. The molecule has 0 amide bonds. The molecule has 1 saturated carbocycles. The van der Waals surface area contributed by atoms with Crippen LogP contribution in [0.25, 0.3) is 0 Å². The van der Waals surface area contributed by atoms with E-state index in [0.717, 1.165) is 12.6 Å². The lowest BCUT2D eigenvalue weighted by Gasteiger charge is -2.33. The molecule has 4 heteroatoms. The lowest BCUT2D eigenvalue weighted by molar-refractivity contribution is 0.182. The van der Waals surface area contributed by atoms with E-state index in [2.05, 4.69) is 21.5 Å². The van der Waals surface area contributed by atoms with E-state index in [9.17, 15) is 0 Å². The third-order valence-electron chi connectivity index (χ3n) is 3.72. The van der Waals surface area contributed by atoms with Gasteiger partial charge in [-0.1, -0.05) is 0 Å². The Balaban J connectivity index is 1.52. The van der Waals surface area contributed by atoms with Gasteiger partial charge in [0, 0.05) is 44.0 Å². The second kappa shape index (κ2) is 4.78. The molecule has 94 valence electrons. The maximum Gasteiger partial charge on any atom is 0.0534 e. The number of likely N-dealkylation sites (tertiary alicyclic amines) is 1. The molecule has 4 nitrogen and oxygen atoms in total. The van der Waals surface area contributed by atoms with Crippen LogP contribution in [-0.4, -0.2) is 39.9 Å². The number of nitrogens with zero attached hydrogens (tertiary/aromatic N) is 3. The molecule has 2 aliphatic rings. The molecule has 1 N–H and O–H groups in total. The van der Waals surface area contributed by atoms with Crippen molar-refractivity contribution in [1.29, 1.82) is 0 Å². The molecule has 2 fully saturated rings. The lowest BCUT2D eigenvalue weighted by Crippen LogP contribution is -2.45. The molecule has 1 atom stereocenters. The highest BCUT2D eigenvalue weighted by Gasteiger charge is 2.27. The average Bonchev–Trinajstić information content (AvgIpc) is 3.02. The number of hydrogen-bond donors (Lipinski definition) is 1. The fraction of sp³-hybridized carbons (Fsp3) is 0.769. The topological polar surface area (TPSA) is 33.1 Å². The van der Waals surface area contributed by atoms with Gasteiger partial charge < -0.3 is 5.32 Å². The first-order chi connectivity index (χ1) is 8.29. The summed E-state index contributed by atoms with van der Waals surface area (Å²) < 4.78 is 1.89. The van der Waals surface area contributed by atoms with E-state index < -0.39 is 0 Å². The molecular formula is C13H22N4. The van der Waals surface area contributed by atoms with Crippen molar-refractivity contribution in [3.8, 4) is 0 Å². The molecule has 1 saturated heterocycles. The molecule has 17 heavy (non-hydrogen) atoms. The number of hydrogen-bond acceptors (Lipinski definition) is 3. The van der Waals surface area contributed by atoms with Gasteiger partial charge in [0.15, 0.2) is 0 Å². The minimum Gasteiger partial charge on any atom is -0.310 e. The van der Waals surface area contributed by atoms with Crippen LogP contribution >= 0.6 is 0 Å². The normalized spacial score (nSPS) is 26.3. The van der Waals surface area contributed by atoms with E-state index >= 15 is 0 Å². The van der Waals surface area contributed by atoms with Crippen LogP contribution in [0.1, 0.15) is 31.2 Å². The van der Waals surface area contributed by atoms with Gasteiger partial charge >= 0.3 is 0 Å². The number of piperidine rings is 1. The summed E-state index contributed by atoms with van der Waals surface area (Å²) in [6.45, 7) is 3.49. The van der Waals surface area contributed by atoms with Crippen molar-refractivity contribution in [2.45, 2.75) is 44.3 Å². The standard InChI is InChI=1S/C13H22N4/c1-16-8-11(7-14-16)9-17-6-2-3-13(10-17)15-12-4-5-12/h7-8,12-13,15H,2-6,9-10H2,1H3. The van der Waals surface area contributed by atoms with Gasteiger partial charge in [0.05, 0.1) is 6.20 Å². The van der Waals surface area contributed by atoms with Crippen LogP contribution in [-0.2, 0) is 13.6 Å². The number of nitrogens with one attached hydrogen (secondary N) is 1. The van der Waals surface area contributed by atoms with Crippen molar-refractivity contribution >= 4 is 0 Å². The Kier molecular flexibility index (Phi) is 3.16. The van der Waals surface area contributed by atoms with Crippen molar-refractivity contribution in [2.24, 2.45) is 7.05 Å². The number of rotatable bonds is 4. The molecule has 0 radical (unpaired) electrons. The Labute approximate surface area is 103 Å². The van der Waals surface area contributed by atoms with Crippen molar-refractivity contribution in [3.63, 3.8) is 0 Å². The summed E-state index contributed by atoms with van der Waals surface area (Å²) in [6, 6.07) is 1.55.